The Morgan fingerprint density at radius 1 is 1.30 bits per heavy atom. The van der Waals surface area contributed by atoms with Crippen LogP contribution in [0.5, 0.6) is 0 Å². The van der Waals surface area contributed by atoms with Crippen molar-refractivity contribution < 1.29 is 4.74 Å². The highest BCUT2D eigenvalue weighted by Gasteiger charge is 2.15. The second-order valence-corrected chi connectivity index (χ2v) is 6.37. The Morgan fingerprint density at radius 3 is 2.55 bits per heavy atom. The molecule has 4 nitrogen and oxygen atoms in total. The van der Waals surface area contributed by atoms with Crippen molar-refractivity contribution in [2.75, 3.05) is 33.4 Å². The van der Waals surface area contributed by atoms with E-state index in [1.165, 1.54) is 15.6 Å². The van der Waals surface area contributed by atoms with Crippen molar-refractivity contribution in [3.05, 3.63) is 15.6 Å². The summed E-state index contributed by atoms with van der Waals surface area (Å²) in [7, 11) is 1.73. The summed E-state index contributed by atoms with van der Waals surface area (Å²) in [5, 5.41) is 4.66. The van der Waals surface area contributed by atoms with Gasteiger partial charge in [0.1, 0.15) is 5.01 Å². The van der Waals surface area contributed by atoms with Crippen molar-refractivity contribution in [2.24, 2.45) is 0 Å². The molecule has 0 aliphatic heterocycles. The summed E-state index contributed by atoms with van der Waals surface area (Å²) in [4.78, 5) is 8.63. The Balaban J connectivity index is 2.69. The van der Waals surface area contributed by atoms with Crippen LogP contribution in [-0.4, -0.2) is 43.2 Å². The van der Waals surface area contributed by atoms with E-state index in [-0.39, 0.29) is 0 Å². The van der Waals surface area contributed by atoms with Crippen LogP contribution < -0.4 is 5.32 Å². The minimum atomic E-state index is 0.482. The van der Waals surface area contributed by atoms with Crippen LogP contribution in [0, 0.1) is 0 Å². The van der Waals surface area contributed by atoms with Crippen molar-refractivity contribution >= 4 is 11.3 Å². The number of hydrogen-bond acceptors (Lipinski definition) is 5. The molecule has 0 unspecified atom stereocenters. The summed E-state index contributed by atoms with van der Waals surface area (Å²) in [6, 6.07) is 0. The topological polar surface area (TPSA) is 37.4 Å². The van der Waals surface area contributed by atoms with E-state index in [4.69, 9.17) is 9.72 Å². The number of nitrogens with zero attached hydrogens (tertiary/aromatic N) is 2. The van der Waals surface area contributed by atoms with Crippen LogP contribution in [0.1, 0.15) is 49.2 Å². The summed E-state index contributed by atoms with van der Waals surface area (Å²) < 4.78 is 5.06. The van der Waals surface area contributed by atoms with E-state index in [0.717, 1.165) is 39.3 Å². The van der Waals surface area contributed by atoms with E-state index in [0.29, 0.717) is 5.92 Å². The first kappa shape index (κ1) is 17.6. The average Bonchev–Trinajstić information content (AvgIpc) is 2.84. The number of methoxy groups -OCH3 is 1. The van der Waals surface area contributed by atoms with Crippen LogP contribution in [0.2, 0.25) is 0 Å². The summed E-state index contributed by atoms with van der Waals surface area (Å²) in [5.41, 5.74) is 1.25. The third-order valence-electron chi connectivity index (χ3n) is 3.34. The van der Waals surface area contributed by atoms with Gasteiger partial charge in [-0.15, -0.1) is 11.3 Å². The highest BCUT2D eigenvalue weighted by molar-refractivity contribution is 7.11. The van der Waals surface area contributed by atoms with Gasteiger partial charge in [0.2, 0.25) is 0 Å². The number of hydrogen-bond donors (Lipinski definition) is 1. The van der Waals surface area contributed by atoms with Crippen LogP contribution in [0.3, 0.4) is 0 Å². The van der Waals surface area contributed by atoms with Gasteiger partial charge in [-0.05, 0) is 19.0 Å². The Hall–Kier alpha value is -0.490. The van der Waals surface area contributed by atoms with E-state index in [1.807, 2.05) is 11.3 Å². The van der Waals surface area contributed by atoms with Gasteiger partial charge in [-0.2, -0.15) is 0 Å². The monoisotopic (exact) mass is 299 g/mol. The molecule has 1 rings (SSSR count). The molecule has 0 aromatic carbocycles. The fourth-order valence-electron chi connectivity index (χ4n) is 2.07. The molecule has 5 heteroatoms. The second-order valence-electron chi connectivity index (χ2n) is 5.20. The SMILES string of the molecule is CCN(CC)Cc1nc(C(C)C)c(CNCCOC)s1. The second kappa shape index (κ2) is 9.45. The van der Waals surface area contributed by atoms with Gasteiger partial charge in [0.15, 0.2) is 0 Å². The molecule has 0 saturated heterocycles. The zero-order valence-corrected chi connectivity index (χ0v) is 14.3. The van der Waals surface area contributed by atoms with Gasteiger partial charge in [0.05, 0.1) is 18.8 Å². The molecule has 1 heterocycles. The fourth-order valence-corrected chi connectivity index (χ4v) is 3.31. The minimum absolute atomic E-state index is 0.482. The molecule has 20 heavy (non-hydrogen) atoms. The lowest BCUT2D eigenvalue weighted by molar-refractivity contribution is 0.199. The van der Waals surface area contributed by atoms with Crippen LogP contribution in [0.4, 0.5) is 0 Å². The molecule has 0 bridgehead atoms. The molecule has 0 atom stereocenters. The van der Waals surface area contributed by atoms with E-state index in [2.05, 4.69) is 37.9 Å². The maximum absolute atomic E-state index is 5.06. The normalized spacial score (nSPS) is 11.8. The van der Waals surface area contributed by atoms with E-state index in [9.17, 15) is 0 Å². The van der Waals surface area contributed by atoms with Crippen molar-refractivity contribution in [1.82, 2.24) is 15.2 Å². The maximum Gasteiger partial charge on any atom is 0.107 e. The summed E-state index contributed by atoms with van der Waals surface area (Å²) in [6.45, 7) is 14.5. The molecule has 1 N–H and O–H groups in total. The third-order valence-corrected chi connectivity index (χ3v) is 4.40. The summed E-state index contributed by atoms with van der Waals surface area (Å²) >= 11 is 1.85. The molecule has 116 valence electrons. The average molecular weight is 299 g/mol. The summed E-state index contributed by atoms with van der Waals surface area (Å²) in [6.07, 6.45) is 0. The van der Waals surface area contributed by atoms with Gasteiger partial charge in [-0.25, -0.2) is 4.98 Å². The number of ether oxygens (including phenoxy) is 1. The molecular formula is C15H29N3OS. The van der Waals surface area contributed by atoms with Crippen molar-refractivity contribution in [2.45, 2.75) is 46.7 Å². The number of aromatic nitrogens is 1. The first-order chi connectivity index (χ1) is 9.62. The standard InChI is InChI=1S/C15H29N3OS/c1-6-18(7-2)11-14-17-15(12(3)4)13(20-14)10-16-8-9-19-5/h12,16H,6-11H2,1-5H3. The molecule has 0 radical (unpaired) electrons. The van der Waals surface area contributed by atoms with Crippen LogP contribution in [-0.2, 0) is 17.8 Å². The Morgan fingerprint density at radius 2 is 2.00 bits per heavy atom. The van der Waals surface area contributed by atoms with Gasteiger partial charge in [-0.1, -0.05) is 27.7 Å². The Labute approximate surface area is 127 Å². The highest BCUT2D eigenvalue weighted by atomic mass is 32.1. The quantitative estimate of drug-likeness (QED) is 0.674. The molecule has 1 aromatic rings. The minimum Gasteiger partial charge on any atom is -0.383 e. The molecule has 0 spiro atoms. The largest absolute Gasteiger partial charge is 0.383 e. The van der Waals surface area contributed by atoms with Crippen LogP contribution in [0.15, 0.2) is 0 Å². The number of nitrogens with one attached hydrogen (secondary N) is 1. The maximum atomic E-state index is 5.06. The van der Waals surface area contributed by atoms with Gasteiger partial charge < -0.3 is 10.1 Å². The predicted octanol–water partition coefficient (Wildman–Crippen LogP) is 2.84. The fraction of sp³-hybridized carbons (Fsp3) is 0.800. The van der Waals surface area contributed by atoms with Crippen LogP contribution in [0.25, 0.3) is 0 Å². The van der Waals surface area contributed by atoms with Crippen LogP contribution >= 0.6 is 11.3 Å². The zero-order valence-electron chi connectivity index (χ0n) is 13.5. The molecule has 0 amide bonds. The molecule has 0 saturated carbocycles. The van der Waals surface area contributed by atoms with Gasteiger partial charge >= 0.3 is 0 Å². The van der Waals surface area contributed by atoms with E-state index in [1.54, 1.807) is 7.11 Å². The molecule has 0 aliphatic carbocycles. The van der Waals surface area contributed by atoms with E-state index < -0.39 is 0 Å². The molecule has 0 aliphatic rings. The van der Waals surface area contributed by atoms with Crippen molar-refractivity contribution in [1.29, 1.82) is 0 Å². The number of rotatable bonds is 10. The zero-order chi connectivity index (χ0) is 15.0. The van der Waals surface area contributed by atoms with Gasteiger partial charge in [0.25, 0.3) is 0 Å². The summed E-state index contributed by atoms with van der Waals surface area (Å²) in [5.74, 6) is 0.482. The van der Waals surface area contributed by atoms with Gasteiger partial charge in [-0.3, -0.25) is 4.90 Å². The lowest BCUT2D eigenvalue weighted by atomic mass is 10.1. The lowest BCUT2D eigenvalue weighted by Gasteiger charge is -2.15. The molecular weight excluding hydrogens is 270 g/mol. The van der Waals surface area contributed by atoms with E-state index >= 15 is 0 Å². The van der Waals surface area contributed by atoms with Gasteiger partial charge in [0, 0.05) is 25.1 Å². The first-order valence-electron chi connectivity index (χ1n) is 7.52. The Kier molecular flexibility index (Phi) is 8.30. The lowest BCUT2D eigenvalue weighted by Crippen LogP contribution is -2.21. The predicted molar refractivity (Wildman–Crippen MR) is 86.4 cm³/mol. The smallest absolute Gasteiger partial charge is 0.107 e. The molecule has 1 aromatic heterocycles. The number of thiazole rings is 1. The molecule has 0 fully saturated rings. The highest BCUT2D eigenvalue weighted by Crippen LogP contribution is 2.26. The third kappa shape index (κ3) is 5.48. The van der Waals surface area contributed by atoms with Crippen molar-refractivity contribution in [3.63, 3.8) is 0 Å². The Bertz CT molecular complexity index is 375. The first-order valence-corrected chi connectivity index (χ1v) is 8.34. The van der Waals surface area contributed by atoms with Crippen molar-refractivity contribution in [3.8, 4) is 0 Å².